The van der Waals surface area contributed by atoms with Gasteiger partial charge >= 0.3 is 24.0 Å². The average molecular weight is 1220 g/mol. The first-order valence-corrected chi connectivity index (χ1v) is 30.3. The van der Waals surface area contributed by atoms with Crippen molar-refractivity contribution in [3.63, 3.8) is 0 Å². The fourth-order valence-corrected chi connectivity index (χ4v) is 12.5. The molecule has 1 aromatic carbocycles. The lowest BCUT2D eigenvalue weighted by molar-refractivity contribution is -0.224. The molecule has 17 atom stereocenters. The molecule has 1 aromatic rings. The quantitative estimate of drug-likeness (QED) is 0.0247. The number of ether oxygens (including phenoxy) is 11. The molecule has 1 amide bonds. The van der Waals surface area contributed by atoms with Crippen LogP contribution in [0, 0.1) is 35.5 Å². The van der Waals surface area contributed by atoms with Gasteiger partial charge < -0.3 is 73.2 Å². The molecular formula is C64H104ClN3O17. The fourth-order valence-electron chi connectivity index (χ4n) is 12.4. The highest BCUT2D eigenvalue weighted by Crippen LogP contribution is 2.43. The number of amides is 1. The van der Waals surface area contributed by atoms with Gasteiger partial charge in [0.15, 0.2) is 17.0 Å². The number of carbonyl (C=O) groups excluding carboxylic acids is 5. The highest BCUT2D eigenvalue weighted by Gasteiger charge is 2.56. The summed E-state index contributed by atoms with van der Waals surface area (Å²) in [7, 11) is 3.07. The van der Waals surface area contributed by atoms with Crippen molar-refractivity contribution in [1.29, 1.82) is 0 Å². The molecule has 3 fully saturated rings. The number of esters is 3. The number of benzene rings is 1. The van der Waals surface area contributed by atoms with Crippen LogP contribution in [0.1, 0.15) is 143 Å². The summed E-state index contributed by atoms with van der Waals surface area (Å²) in [5.41, 5.74) is -3.37. The molecule has 85 heavy (non-hydrogen) atoms. The SMILES string of the molecule is C=CCO[C@](C)(C[C@@H](C)CN[C@H](C)[C@H]1NC(=O)O[C@]1(C)[C@H](O)CC)[C@H](OCOC)[C@@H](C)C1=C(C)C(=O)OC(C)(C)O1.C=CCO[C@]1(C)C[C@@H](C)CN[C@H](C)[C@H]2CC(=O)O[C@]2(C)[C@@H](CC)OC(=O)[C@H](C)C(=O)[C@H](C)[C@H]1OCOC.Clc1ccccc1. The Morgan fingerprint density at radius 1 is 0.906 bits per heavy atom. The van der Waals surface area contributed by atoms with Crippen molar-refractivity contribution in [2.75, 3.05) is 54.1 Å². The summed E-state index contributed by atoms with van der Waals surface area (Å²) >= 11 is 5.54. The van der Waals surface area contributed by atoms with E-state index in [0.29, 0.717) is 50.1 Å². The van der Waals surface area contributed by atoms with Gasteiger partial charge in [-0.1, -0.05) is 83.5 Å². The van der Waals surface area contributed by atoms with Crippen molar-refractivity contribution < 1.29 is 81.2 Å². The molecule has 0 bridgehead atoms. The number of aliphatic hydroxyl groups is 1. The highest BCUT2D eigenvalue weighted by molar-refractivity contribution is 6.30. The third kappa shape index (κ3) is 20.3. The Bertz CT molecular complexity index is 2360. The topological polar surface area (TPSA) is 243 Å². The van der Waals surface area contributed by atoms with E-state index in [-0.39, 0.29) is 80.7 Å². The molecule has 4 heterocycles. The van der Waals surface area contributed by atoms with E-state index in [4.69, 9.17) is 63.7 Å². The number of nitrogens with one attached hydrogen (secondary N) is 3. The molecule has 20 nitrogen and oxygen atoms in total. The van der Waals surface area contributed by atoms with Gasteiger partial charge in [-0.2, -0.15) is 0 Å². The molecule has 4 aliphatic heterocycles. The molecule has 4 aliphatic rings. The third-order valence-corrected chi connectivity index (χ3v) is 17.1. The van der Waals surface area contributed by atoms with E-state index < -0.39 is 88.5 Å². The van der Waals surface area contributed by atoms with E-state index in [1.54, 1.807) is 60.8 Å². The second-order valence-electron chi connectivity index (χ2n) is 24.6. The molecule has 4 N–H and O–H groups in total. The van der Waals surface area contributed by atoms with E-state index in [2.05, 4.69) is 43.0 Å². The average Bonchev–Trinajstić information content (AvgIpc) is 2.44. The summed E-state index contributed by atoms with van der Waals surface area (Å²) in [5, 5.41) is 21.3. The maximum absolute atomic E-state index is 13.6. The van der Waals surface area contributed by atoms with Gasteiger partial charge in [0.2, 0.25) is 5.79 Å². The van der Waals surface area contributed by atoms with Gasteiger partial charge in [0.25, 0.3) is 0 Å². The summed E-state index contributed by atoms with van der Waals surface area (Å²) in [6.45, 7) is 39.1. The minimum atomic E-state index is -1.11. The first kappa shape index (κ1) is 74.8. The lowest BCUT2D eigenvalue weighted by Gasteiger charge is -2.44. The molecule has 0 saturated carbocycles. The lowest BCUT2D eigenvalue weighted by Crippen LogP contribution is -2.59. The normalized spacial score (nSPS) is 31.5. The van der Waals surface area contributed by atoms with Crippen molar-refractivity contribution in [2.24, 2.45) is 35.5 Å². The number of fused-ring (bicyclic) bond motifs is 1. The van der Waals surface area contributed by atoms with Crippen LogP contribution in [0.3, 0.4) is 0 Å². The van der Waals surface area contributed by atoms with Crippen LogP contribution >= 0.6 is 11.6 Å². The smallest absolute Gasteiger partial charge is 0.408 e. The van der Waals surface area contributed by atoms with Crippen LogP contribution in [-0.4, -0.2) is 160 Å². The van der Waals surface area contributed by atoms with Crippen molar-refractivity contribution in [1.82, 2.24) is 16.0 Å². The molecule has 0 aliphatic carbocycles. The number of rotatable bonds is 24. The van der Waals surface area contributed by atoms with E-state index in [0.717, 1.165) is 5.02 Å². The van der Waals surface area contributed by atoms with Crippen LogP contribution in [0.2, 0.25) is 5.02 Å². The van der Waals surface area contributed by atoms with Crippen molar-refractivity contribution in [3.8, 4) is 0 Å². The van der Waals surface area contributed by atoms with E-state index in [9.17, 15) is 29.1 Å². The minimum absolute atomic E-state index is 0.0194. The van der Waals surface area contributed by atoms with Gasteiger partial charge in [-0.3, -0.25) is 14.4 Å². The molecule has 0 unspecified atom stereocenters. The summed E-state index contributed by atoms with van der Waals surface area (Å²) in [6.07, 6.45) is 2.36. The standard InChI is InChI=1S/C30H52N2O9.C28H47NO8.C6H5Cl/c1-12-14-38-29(9,25(37-17-36-11)19(4)23-20(5)26(34)40-28(7,8)39-23)15-18(3)16-31-21(6)24-30(10,22(33)13-2)41-27(35)32-24;1-10-12-35-27(7)14-17(3)15-29-20(6)21-13-23(30)37-28(21,8)22(11-2)36-26(32)19(5)24(31)18(4)25(27)34-16-33-9;7-6-4-2-1-3-5-6/h12,18-19,21-22,24-25,31,33H,1,13-17H2,2-11H3,(H,32,35);10,17-22,25,29H,1,11-16H2,2-9H3;1-5H/t18-,19+,21-,22-,24-,25-,29-,30-;17-,18+,19-,20-,21-,22-,25-,27-,28+;/m11./s1. The predicted molar refractivity (Wildman–Crippen MR) is 324 cm³/mol. The number of aliphatic hydroxyl groups excluding tert-OH is 1. The molecule has 5 rings (SSSR count). The largest absolute Gasteiger partial charge is 0.458 e. The number of halogens is 1. The van der Waals surface area contributed by atoms with Gasteiger partial charge in [-0.25, -0.2) is 9.59 Å². The van der Waals surface area contributed by atoms with Gasteiger partial charge in [-0.05, 0) is 118 Å². The van der Waals surface area contributed by atoms with Gasteiger partial charge in [0.05, 0.1) is 60.8 Å². The van der Waals surface area contributed by atoms with Gasteiger partial charge in [0, 0.05) is 62.9 Å². The Hall–Kier alpha value is -4.48. The summed E-state index contributed by atoms with van der Waals surface area (Å²) in [4.78, 5) is 64.0. The zero-order valence-corrected chi connectivity index (χ0v) is 54.9. The first-order valence-electron chi connectivity index (χ1n) is 29.9. The Balaban J connectivity index is 0.000000399. The highest BCUT2D eigenvalue weighted by atomic mass is 35.5. The molecule has 3 saturated heterocycles. The molecule has 21 heteroatoms. The van der Waals surface area contributed by atoms with Crippen LogP contribution in [0.5, 0.6) is 0 Å². The number of methoxy groups -OCH3 is 2. The number of hydrogen-bond donors (Lipinski definition) is 4. The summed E-state index contributed by atoms with van der Waals surface area (Å²) in [5.74, 6) is -4.44. The zero-order valence-electron chi connectivity index (χ0n) is 54.1. The van der Waals surface area contributed by atoms with Crippen molar-refractivity contribution in [2.45, 2.75) is 214 Å². The Kier molecular flexibility index (Phi) is 29.7. The summed E-state index contributed by atoms with van der Waals surface area (Å²) < 4.78 is 64.2. The lowest BCUT2D eigenvalue weighted by atomic mass is 9.78. The molecule has 0 spiro atoms. The molecule has 0 radical (unpaired) electrons. The third-order valence-electron chi connectivity index (χ3n) is 16.8. The number of Topliss-reactive ketones (excluding diaryl/α,β-unsaturated/α-hetero) is 1. The summed E-state index contributed by atoms with van der Waals surface area (Å²) in [6, 6.07) is 8.75. The van der Waals surface area contributed by atoms with Crippen molar-refractivity contribution in [3.05, 3.63) is 72.0 Å². The number of carbonyl (C=O) groups is 5. The number of cyclic esters (lactones) is 3. The maximum Gasteiger partial charge on any atom is 0.408 e. The van der Waals surface area contributed by atoms with Gasteiger partial charge in [0.1, 0.15) is 31.4 Å². The number of hydrogen-bond acceptors (Lipinski definition) is 19. The van der Waals surface area contributed by atoms with Crippen LogP contribution in [0.15, 0.2) is 67.0 Å². The minimum Gasteiger partial charge on any atom is -0.458 e. The van der Waals surface area contributed by atoms with Crippen LogP contribution in [-0.2, 0) is 71.3 Å². The van der Waals surface area contributed by atoms with Crippen LogP contribution in [0.4, 0.5) is 4.79 Å². The Labute approximate surface area is 511 Å². The molecular weight excluding hydrogens is 1120 g/mol. The van der Waals surface area contributed by atoms with Crippen LogP contribution < -0.4 is 16.0 Å². The second-order valence-corrected chi connectivity index (χ2v) is 25.1. The molecule has 484 valence electrons. The Morgan fingerprint density at radius 2 is 1.54 bits per heavy atom. The van der Waals surface area contributed by atoms with E-state index in [1.165, 1.54) is 7.11 Å². The molecule has 0 aromatic heterocycles. The van der Waals surface area contributed by atoms with E-state index in [1.807, 2.05) is 85.7 Å². The predicted octanol–water partition coefficient (Wildman–Crippen LogP) is 9.58. The second kappa shape index (κ2) is 33.8. The maximum atomic E-state index is 13.6. The number of alkyl carbamates (subject to hydrolysis) is 1. The first-order chi connectivity index (χ1) is 39.8. The van der Waals surface area contributed by atoms with Crippen LogP contribution in [0.25, 0.3) is 0 Å². The van der Waals surface area contributed by atoms with Crippen molar-refractivity contribution >= 4 is 41.4 Å². The van der Waals surface area contributed by atoms with Gasteiger partial charge in [-0.15, -0.1) is 13.2 Å². The van der Waals surface area contributed by atoms with E-state index >= 15 is 0 Å². The Morgan fingerprint density at radius 3 is 2.11 bits per heavy atom. The monoisotopic (exact) mass is 1220 g/mol. The zero-order chi connectivity index (χ0) is 64.3. The number of ketones is 1. The fraction of sp³-hybridized carbons (Fsp3) is 0.734.